The number of fused-ring (bicyclic) bond motifs is 1. The van der Waals surface area contributed by atoms with E-state index in [0.29, 0.717) is 28.3 Å². The highest BCUT2D eigenvalue weighted by Crippen LogP contribution is 2.17. The van der Waals surface area contributed by atoms with Gasteiger partial charge in [0.1, 0.15) is 5.82 Å². The fourth-order valence-corrected chi connectivity index (χ4v) is 2.68. The van der Waals surface area contributed by atoms with Crippen LogP contribution in [0.3, 0.4) is 0 Å². The van der Waals surface area contributed by atoms with Crippen molar-refractivity contribution >= 4 is 22.5 Å². The van der Waals surface area contributed by atoms with Crippen LogP contribution in [0.1, 0.15) is 18.7 Å². The van der Waals surface area contributed by atoms with Gasteiger partial charge in [0.2, 0.25) is 0 Å². The molecule has 0 N–H and O–H groups in total. The molecule has 5 heteroatoms. The van der Waals surface area contributed by atoms with Crippen LogP contribution in [0.4, 0.5) is 0 Å². The number of aromatic nitrogens is 2. The smallest absolute Gasteiger partial charge is 0.261 e. The summed E-state index contributed by atoms with van der Waals surface area (Å²) in [6.07, 6.45) is 2.20. The second-order valence-corrected chi connectivity index (χ2v) is 5.31. The summed E-state index contributed by atoms with van der Waals surface area (Å²) in [6, 6.07) is 5.18. The van der Waals surface area contributed by atoms with Gasteiger partial charge in [-0.25, -0.2) is 4.98 Å². The minimum absolute atomic E-state index is 0.0188. The van der Waals surface area contributed by atoms with Crippen LogP contribution in [0.15, 0.2) is 23.0 Å². The van der Waals surface area contributed by atoms with Gasteiger partial charge < -0.3 is 4.74 Å². The predicted molar refractivity (Wildman–Crippen MR) is 74.7 cm³/mol. The Morgan fingerprint density at radius 1 is 1.53 bits per heavy atom. The SMILES string of the molecule is Cc1nc2cc(Cl)ccc2c(=O)n1CC1CCCO1. The molecule has 2 aromatic rings. The second kappa shape index (κ2) is 4.94. The third-order valence-corrected chi connectivity index (χ3v) is 3.75. The topological polar surface area (TPSA) is 44.1 Å². The van der Waals surface area contributed by atoms with E-state index < -0.39 is 0 Å². The van der Waals surface area contributed by atoms with E-state index in [9.17, 15) is 4.79 Å². The lowest BCUT2D eigenvalue weighted by molar-refractivity contribution is 0.0955. The minimum Gasteiger partial charge on any atom is -0.376 e. The molecular formula is C14H15ClN2O2. The van der Waals surface area contributed by atoms with Gasteiger partial charge in [-0.2, -0.15) is 0 Å². The van der Waals surface area contributed by atoms with Crippen LogP contribution in [0.25, 0.3) is 10.9 Å². The number of hydrogen-bond donors (Lipinski definition) is 0. The number of ether oxygens (including phenoxy) is 1. The molecular weight excluding hydrogens is 264 g/mol. The summed E-state index contributed by atoms with van der Waals surface area (Å²) < 4.78 is 7.29. The Kier molecular flexibility index (Phi) is 3.29. The standard InChI is InChI=1S/C14H15ClN2O2/c1-9-16-13-7-10(15)4-5-12(13)14(18)17(9)8-11-3-2-6-19-11/h4-5,7,11H,2-3,6,8H2,1H3. The second-order valence-electron chi connectivity index (χ2n) is 4.87. The molecule has 0 amide bonds. The Balaban J connectivity index is 2.09. The van der Waals surface area contributed by atoms with Crippen molar-refractivity contribution < 1.29 is 4.74 Å². The zero-order valence-corrected chi connectivity index (χ0v) is 11.5. The van der Waals surface area contributed by atoms with Crippen molar-refractivity contribution in [2.24, 2.45) is 0 Å². The molecule has 0 aliphatic carbocycles. The Morgan fingerprint density at radius 2 is 2.37 bits per heavy atom. The summed E-state index contributed by atoms with van der Waals surface area (Å²) in [5, 5.41) is 1.20. The lowest BCUT2D eigenvalue weighted by Crippen LogP contribution is -2.29. The molecule has 1 unspecified atom stereocenters. The molecule has 1 fully saturated rings. The molecule has 0 radical (unpaired) electrons. The molecule has 1 saturated heterocycles. The number of benzene rings is 1. The number of halogens is 1. The van der Waals surface area contributed by atoms with E-state index in [1.807, 2.05) is 6.92 Å². The van der Waals surface area contributed by atoms with Crippen LogP contribution >= 0.6 is 11.6 Å². The van der Waals surface area contributed by atoms with E-state index in [0.717, 1.165) is 19.4 Å². The van der Waals surface area contributed by atoms with Crippen molar-refractivity contribution in [2.75, 3.05) is 6.61 Å². The average Bonchev–Trinajstić information content (AvgIpc) is 2.87. The van der Waals surface area contributed by atoms with E-state index in [4.69, 9.17) is 16.3 Å². The van der Waals surface area contributed by atoms with Crippen molar-refractivity contribution in [2.45, 2.75) is 32.4 Å². The van der Waals surface area contributed by atoms with Gasteiger partial charge in [0, 0.05) is 11.6 Å². The van der Waals surface area contributed by atoms with Crippen LogP contribution in [0.5, 0.6) is 0 Å². The minimum atomic E-state index is -0.0188. The van der Waals surface area contributed by atoms with Gasteiger partial charge in [-0.1, -0.05) is 11.6 Å². The average molecular weight is 279 g/mol. The lowest BCUT2D eigenvalue weighted by Gasteiger charge is -2.14. The van der Waals surface area contributed by atoms with Crippen LogP contribution in [-0.4, -0.2) is 22.3 Å². The Bertz CT molecular complexity index is 675. The number of aryl methyl sites for hydroxylation is 1. The molecule has 0 bridgehead atoms. The van der Waals surface area contributed by atoms with Gasteiger partial charge in [0.05, 0.1) is 23.6 Å². The van der Waals surface area contributed by atoms with E-state index in [1.54, 1.807) is 22.8 Å². The Hall–Kier alpha value is -1.39. The normalized spacial score (nSPS) is 19.2. The number of hydrogen-bond acceptors (Lipinski definition) is 3. The quantitative estimate of drug-likeness (QED) is 0.848. The van der Waals surface area contributed by atoms with E-state index in [1.165, 1.54) is 0 Å². The summed E-state index contributed by atoms with van der Waals surface area (Å²) >= 11 is 5.93. The van der Waals surface area contributed by atoms with Crippen molar-refractivity contribution in [3.05, 3.63) is 39.4 Å². The molecule has 1 atom stereocenters. The van der Waals surface area contributed by atoms with Crippen molar-refractivity contribution in [1.29, 1.82) is 0 Å². The van der Waals surface area contributed by atoms with E-state index in [2.05, 4.69) is 4.98 Å². The van der Waals surface area contributed by atoms with Gasteiger partial charge in [0.15, 0.2) is 0 Å². The van der Waals surface area contributed by atoms with Crippen LogP contribution in [-0.2, 0) is 11.3 Å². The summed E-state index contributed by atoms with van der Waals surface area (Å²) in [6.45, 7) is 3.21. The summed E-state index contributed by atoms with van der Waals surface area (Å²) in [4.78, 5) is 16.9. The predicted octanol–water partition coefficient (Wildman–Crippen LogP) is 2.54. The van der Waals surface area contributed by atoms with Gasteiger partial charge in [-0.3, -0.25) is 9.36 Å². The molecule has 0 saturated carbocycles. The molecule has 3 rings (SSSR count). The highest BCUT2D eigenvalue weighted by Gasteiger charge is 2.18. The molecule has 19 heavy (non-hydrogen) atoms. The third kappa shape index (κ3) is 2.38. The first-order chi connectivity index (χ1) is 9.15. The van der Waals surface area contributed by atoms with Gasteiger partial charge >= 0.3 is 0 Å². The van der Waals surface area contributed by atoms with Gasteiger partial charge in [-0.05, 0) is 38.0 Å². The molecule has 1 aromatic carbocycles. The first kappa shape index (κ1) is 12.6. The summed E-state index contributed by atoms with van der Waals surface area (Å²) in [5.41, 5.74) is 0.633. The van der Waals surface area contributed by atoms with Crippen molar-refractivity contribution in [1.82, 2.24) is 9.55 Å². The lowest BCUT2D eigenvalue weighted by atomic mass is 10.2. The maximum Gasteiger partial charge on any atom is 0.261 e. The molecule has 4 nitrogen and oxygen atoms in total. The van der Waals surface area contributed by atoms with E-state index >= 15 is 0 Å². The molecule has 0 spiro atoms. The first-order valence-corrected chi connectivity index (χ1v) is 6.81. The summed E-state index contributed by atoms with van der Waals surface area (Å²) in [7, 11) is 0. The van der Waals surface area contributed by atoms with Crippen LogP contribution in [0, 0.1) is 6.92 Å². The highest BCUT2D eigenvalue weighted by atomic mass is 35.5. The van der Waals surface area contributed by atoms with Crippen LogP contribution in [0.2, 0.25) is 5.02 Å². The van der Waals surface area contributed by atoms with Crippen molar-refractivity contribution in [3.8, 4) is 0 Å². The molecule has 1 aliphatic heterocycles. The number of rotatable bonds is 2. The molecule has 1 aromatic heterocycles. The zero-order chi connectivity index (χ0) is 13.4. The number of nitrogens with zero attached hydrogens (tertiary/aromatic N) is 2. The Morgan fingerprint density at radius 3 is 3.11 bits per heavy atom. The van der Waals surface area contributed by atoms with Crippen molar-refractivity contribution in [3.63, 3.8) is 0 Å². The molecule has 2 heterocycles. The maximum atomic E-state index is 12.5. The Labute approximate surface area is 116 Å². The molecule has 100 valence electrons. The van der Waals surface area contributed by atoms with Gasteiger partial charge in [-0.15, -0.1) is 0 Å². The highest BCUT2D eigenvalue weighted by molar-refractivity contribution is 6.31. The zero-order valence-electron chi connectivity index (χ0n) is 10.7. The van der Waals surface area contributed by atoms with E-state index in [-0.39, 0.29) is 11.7 Å². The monoisotopic (exact) mass is 278 g/mol. The maximum absolute atomic E-state index is 12.5. The van der Waals surface area contributed by atoms with Gasteiger partial charge in [0.25, 0.3) is 5.56 Å². The fourth-order valence-electron chi connectivity index (χ4n) is 2.51. The molecule has 1 aliphatic rings. The first-order valence-electron chi connectivity index (χ1n) is 6.43. The summed E-state index contributed by atoms with van der Waals surface area (Å²) in [5.74, 6) is 0.704. The third-order valence-electron chi connectivity index (χ3n) is 3.52. The fraction of sp³-hybridized carbons (Fsp3) is 0.429. The van der Waals surface area contributed by atoms with Crippen LogP contribution < -0.4 is 5.56 Å². The largest absolute Gasteiger partial charge is 0.376 e.